The number of anilines is 2. The SMILES string of the molecule is Cc1sc(NC(=O)Cc2ccc(F)c(OCCNc3cccc4c3C(=O)N(C3CCC(=O)NC3=O)C4=O)c2)nc1-c1ccc2c(ccn2C(=O)C2CC2)c1. The van der Waals surface area contributed by atoms with Crippen molar-refractivity contribution >= 4 is 68.5 Å². The highest BCUT2D eigenvalue weighted by Crippen LogP contribution is 2.36. The molecule has 1 aliphatic carbocycles. The number of ether oxygens (including phenoxy) is 1. The number of hydrogen-bond donors (Lipinski definition) is 3. The molecule has 1 unspecified atom stereocenters. The van der Waals surface area contributed by atoms with Crippen molar-refractivity contribution in [2.45, 2.75) is 45.1 Å². The van der Waals surface area contributed by atoms with Crippen molar-refractivity contribution < 1.29 is 37.9 Å². The lowest BCUT2D eigenvalue weighted by atomic mass is 10.0. The maximum absolute atomic E-state index is 14.7. The van der Waals surface area contributed by atoms with E-state index in [9.17, 15) is 33.2 Å². The summed E-state index contributed by atoms with van der Waals surface area (Å²) in [7, 11) is 0. The fraction of sp³-hybridized carbons (Fsp3) is 0.256. The van der Waals surface area contributed by atoms with Gasteiger partial charge in [0.1, 0.15) is 12.6 Å². The summed E-state index contributed by atoms with van der Waals surface area (Å²) in [6.45, 7) is 2.03. The topological polar surface area (TPSA) is 169 Å². The molecule has 5 amide bonds. The second kappa shape index (κ2) is 14.0. The first kappa shape index (κ1) is 34.8. The quantitative estimate of drug-likeness (QED) is 0.119. The van der Waals surface area contributed by atoms with E-state index < -0.39 is 35.5 Å². The summed E-state index contributed by atoms with van der Waals surface area (Å²) in [5.41, 5.74) is 3.54. The molecule has 0 spiro atoms. The average Bonchev–Trinajstić information content (AvgIpc) is 3.74. The van der Waals surface area contributed by atoms with E-state index in [2.05, 4.69) is 20.9 Å². The van der Waals surface area contributed by atoms with Crippen LogP contribution in [-0.4, -0.2) is 69.1 Å². The predicted molar refractivity (Wildman–Crippen MR) is 197 cm³/mol. The molecule has 2 aromatic heterocycles. The Morgan fingerprint density at radius 3 is 2.65 bits per heavy atom. The Morgan fingerprint density at radius 1 is 1.02 bits per heavy atom. The van der Waals surface area contributed by atoms with Crippen LogP contribution < -0.4 is 20.7 Å². The van der Waals surface area contributed by atoms with Gasteiger partial charge < -0.3 is 15.4 Å². The number of aryl methyl sites for hydroxylation is 1. The molecule has 13 nitrogen and oxygen atoms in total. The number of benzene rings is 3. The van der Waals surface area contributed by atoms with Gasteiger partial charge in [0.2, 0.25) is 23.6 Å². The molecule has 0 radical (unpaired) electrons. The largest absolute Gasteiger partial charge is 0.489 e. The minimum absolute atomic E-state index is 0.0148. The van der Waals surface area contributed by atoms with Crippen molar-refractivity contribution in [1.82, 2.24) is 19.8 Å². The highest BCUT2D eigenvalue weighted by molar-refractivity contribution is 7.16. The number of piperidine rings is 1. The van der Waals surface area contributed by atoms with Crippen molar-refractivity contribution in [3.8, 4) is 17.0 Å². The van der Waals surface area contributed by atoms with Crippen LogP contribution in [0.2, 0.25) is 0 Å². The van der Waals surface area contributed by atoms with Crippen LogP contribution in [0.5, 0.6) is 5.75 Å². The van der Waals surface area contributed by atoms with E-state index in [1.54, 1.807) is 16.7 Å². The molecule has 3 aromatic carbocycles. The molecule has 274 valence electrons. The van der Waals surface area contributed by atoms with E-state index in [-0.39, 0.29) is 67.0 Å². The number of nitrogens with zero attached hydrogens (tertiary/aromatic N) is 3. The number of rotatable bonds is 11. The maximum atomic E-state index is 14.7. The van der Waals surface area contributed by atoms with Crippen LogP contribution in [0.3, 0.4) is 0 Å². The molecular formula is C39H33FN6O7S. The van der Waals surface area contributed by atoms with E-state index in [1.165, 1.54) is 35.6 Å². The first-order valence-electron chi connectivity index (χ1n) is 17.5. The minimum Gasteiger partial charge on any atom is -0.489 e. The van der Waals surface area contributed by atoms with Crippen LogP contribution in [0.4, 0.5) is 15.2 Å². The predicted octanol–water partition coefficient (Wildman–Crippen LogP) is 5.34. The van der Waals surface area contributed by atoms with Crippen molar-refractivity contribution in [2.24, 2.45) is 5.92 Å². The van der Waals surface area contributed by atoms with E-state index >= 15 is 0 Å². The summed E-state index contributed by atoms with van der Waals surface area (Å²) < 4.78 is 22.1. The monoisotopic (exact) mass is 748 g/mol. The zero-order valence-electron chi connectivity index (χ0n) is 28.9. The van der Waals surface area contributed by atoms with E-state index in [0.717, 1.165) is 44.8 Å². The van der Waals surface area contributed by atoms with Crippen LogP contribution in [0.15, 0.2) is 66.9 Å². The lowest BCUT2D eigenvalue weighted by Gasteiger charge is -2.27. The minimum atomic E-state index is -1.09. The second-order valence-electron chi connectivity index (χ2n) is 13.4. The number of halogens is 1. The van der Waals surface area contributed by atoms with Gasteiger partial charge in [-0.2, -0.15) is 0 Å². The molecule has 3 aliphatic rings. The number of carbonyl (C=O) groups is 6. The highest BCUT2D eigenvalue weighted by atomic mass is 32.1. The van der Waals surface area contributed by atoms with Gasteiger partial charge in [0.25, 0.3) is 11.8 Å². The van der Waals surface area contributed by atoms with Crippen LogP contribution in [0, 0.1) is 18.7 Å². The Kier molecular flexibility index (Phi) is 9.01. The molecule has 1 saturated heterocycles. The van der Waals surface area contributed by atoms with Gasteiger partial charge in [0.15, 0.2) is 16.7 Å². The first-order valence-corrected chi connectivity index (χ1v) is 18.3. The number of fused-ring (bicyclic) bond motifs is 2. The Labute approximate surface area is 311 Å². The number of nitrogens with one attached hydrogen (secondary N) is 3. The van der Waals surface area contributed by atoms with Crippen LogP contribution >= 0.6 is 11.3 Å². The first-order chi connectivity index (χ1) is 26.0. The lowest BCUT2D eigenvalue weighted by Crippen LogP contribution is -2.54. The Hall–Kier alpha value is -6.22. The maximum Gasteiger partial charge on any atom is 0.264 e. The van der Waals surface area contributed by atoms with Crippen LogP contribution in [-0.2, 0) is 20.8 Å². The molecule has 2 fully saturated rings. The lowest BCUT2D eigenvalue weighted by molar-refractivity contribution is -0.136. The Morgan fingerprint density at radius 2 is 1.85 bits per heavy atom. The third-order valence-electron chi connectivity index (χ3n) is 9.67. The zero-order valence-corrected chi connectivity index (χ0v) is 29.8. The van der Waals surface area contributed by atoms with Crippen molar-refractivity contribution in [2.75, 3.05) is 23.8 Å². The second-order valence-corrected chi connectivity index (χ2v) is 14.6. The third kappa shape index (κ3) is 6.62. The number of hydrogen-bond acceptors (Lipinski definition) is 10. The molecule has 0 bridgehead atoms. The molecule has 1 saturated carbocycles. The number of imide groups is 2. The van der Waals surface area contributed by atoms with Crippen LogP contribution in [0.25, 0.3) is 22.2 Å². The summed E-state index contributed by atoms with van der Waals surface area (Å²) in [5, 5.41) is 9.42. The van der Waals surface area contributed by atoms with Gasteiger partial charge in [-0.25, -0.2) is 9.37 Å². The smallest absolute Gasteiger partial charge is 0.264 e. The summed E-state index contributed by atoms with van der Waals surface area (Å²) in [5.74, 6) is -3.22. The van der Waals surface area contributed by atoms with Crippen molar-refractivity contribution in [3.05, 3.63) is 94.2 Å². The van der Waals surface area contributed by atoms with Gasteiger partial charge in [-0.15, -0.1) is 11.3 Å². The van der Waals surface area contributed by atoms with E-state index in [0.29, 0.717) is 16.4 Å². The molecule has 54 heavy (non-hydrogen) atoms. The summed E-state index contributed by atoms with van der Waals surface area (Å²) in [4.78, 5) is 82.6. The average molecular weight is 749 g/mol. The van der Waals surface area contributed by atoms with Gasteiger partial charge >= 0.3 is 0 Å². The third-order valence-corrected chi connectivity index (χ3v) is 10.6. The fourth-order valence-electron chi connectivity index (χ4n) is 6.85. The molecule has 8 rings (SSSR count). The normalized spacial score (nSPS) is 16.8. The molecule has 5 aromatic rings. The number of amides is 5. The van der Waals surface area contributed by atoms with E-state index in [4.69, 9.17) is 4.74 Å². The van der Waals surface area contributed by atoms with Gasteiger partial charge in [-0.05, 0) is 74.2 Å². The number of aromatic nitrogens is 2. The molecule has 4 heterocycles. The van der Waals surface area contributed by atoms with Gasteiger partial charge in [-0.1, -0.05) is 18.2 Å². The zero-order chi connectivity index (χ0) is 37.7. The molecule has 15 heteroatoms. The molecule has 2 aliphatic heterocycles. The number of thiazole rings is 1. The standard InChI is InChI=1S/C39H33FN6O7S/c1-20-34(24-8-10-28-23(19-24)13-15-45(28)36(50)22-6-7-22)44-39(54-20)43-32(48)18-21-5-9-26(40)30(17-21)53-16-14-41-27-4-2-3-25-33(27)38(52)46(37(25)51)29-11-12-31(47)42-35(29)49/h2-5,8-10,13,15,17,19,22,29,41H,6-7,11-12,14,16,18H2,1H3,(H,42,47,49)(H,43,44,48). The van der Waals surface area contributed by atoms with Crippen molar-refractivity contribution in [1.29, 1.82) is 0 Å². The van der Waals surface area contributed by atoms with E-state index in [1.807, 2.05) is 37.4 Å². The molecule has 1 atom stereocenters. The summed E-state index contributed by atoms with van der Waals surface area (Å²) >= 11 is 1.34. The van der Waals surface area contributed by atoms with Gasteiger partial charge in [0, 0.05) is 46.6 Å². The van der Waals surface area contributed by atoms with Crippen molar-refractivity contribution in [3.63, 3.8) is 0 Å². The number of carbonyl (C=O) groups excluding carboxylic acids is 6. The summed E-state index contributed by atoms with van der Waals surface area (Å²) in [6.07, 6.45) is 3.67. The van der Waals surface area contributed by atoms with Crippen LogP contribution in [0.1, 0.15) is 61.6 Å². The van der Waals surface area contributed by atoms with Gasteiger partial charge in [0.05, 0.1) is 28.8 Å². The molecular weight excluding hydrogens is 716 g/mol. The highest BCUT2D eigenvalue weighted by Gasteiger charge is 2.45. The Bertz CT molecular complexity index is 2420. The summed E-state index contributed by atoms with van der Waals surface area (Å²) in [6, 6.07) is 15.5. The fourth-order valence-corrected chi connectivity index (χ4v) is 7.70. The Balaban J connectivity index is 0.870. The van der Waals surface area contributed by atoms with Gasteiger partial charge in [-0.3, -0.25) is 43.6 Å². The molecule has 3 N–H and O–H groups in total.